The monoisotopic (exact) mass is 412 g/mol. The molecule has 0 bridgehead atoms. The molecule has 2 heterocycles. The van der Waals surface area contributed by atoms with Crippen LogP contribution in [0.2, 0.25) is 5.02 Å². The Morgan fingerprint density at radius 1 is 1.29 bits per heavy atom. The molecule has 1 aromatic heterocycles. The first-order valence-corrected chi connectivity index (χ1v) is 9.85. The van der Waals surface area contributed by atoms with Crippen LogP contribution in [-0.2, 0) is 12.6 Å². The number of rotatable bonds is 6. The van der Waals surface area contributed by atoms with E-state index in [2.05, 4.69) is 29.1 Å². The van der Waals surface area contributed by atoms with Gasteiger partial charge in [0.1, 0.15) is 11.6 Å². The minimum atomic E-state index is -4.42. The molecule has 8 heteroatoms. The molecule has 28 heavy (non-hydrogen) atoms. The van der Waals surface area contributed by atoms with Gasteiger partial charge < -0.3 is 10.2 Å². The number of aryl methyl sites for hydroxylation is 1. The molecule has 0 saturated heterocycles. The molecule has 1 unspecified atom stereocenters. The topological polar surface area (TPSA) is 41.1 Å². The van der Waals surface area contributed by atoms with Crippen LogP contribution in [0.25, 0.3) is 0 Å². The second-order valence-electron chi connectivity index (χ2n) is 7.05. The zero-order chi connectivity index (χ0) is 20.5. The summed E-state index contributed by atoms with van der Waals surface area (Å²) in [5.41, 5.74) is 1.75. The molecule has 152 valence electrons. The number of aromatic nitrogens is 2. The average molecular weight is 413 g/mol. The van der Waals surface area contributed by atoms with Gasteiger partial charge in [0, 0.05) is 18.2 Å². The van der Waals surface area contributed by atoms with Crippen LogP contribution in [0.1, 0.15) is 55.4 Å². The molecule has 0 saturated carbocycles. The third-order valence-corrected chi connectivity index (χ3v) is 5.23. The predicted octanol–water partition coefficient (Wildman–Crippen LogP) is 5.60. The van der Waals surface area contributed by atoms with Gasteiger partial charge in [-0.2, -0.15) is 13.2 Å². The van der Waals surface area contributed by atoms with Gasteiger partial charge >= 0.3 is 6.18 Å². The van der Waals surface area contributed by atoms with Crippen molar-refractivity contribution in [2.75, 3.05) is 18.0 Å². The summed E-state index contributed by atoms with van der Waals surface area (Å²) in [6.45, 7) is 7.56. The fourth-order valence-electron chi connectivity index (χ4n) is 3.48. The van der Waals surface area contributed by atoms with Crippen molar-refractivity contribution in [2.24, 2.45) is 0 Å². The summed E-state index contributed by atoms with van der Waals surface area (Å²) in [5, 5.41) is 3.55. The first kappa shape index (κ1) is 20.9. The van der Waals surface area contributed by atoms with Crippen LogP contribution >= 0.6 is 11.6 Å². The van der Waals surface area contributed by atoms with Crippen LogP contribution in [0.15, 0.2) is 18.2 Å². The first-order chi connectivity index (χ1) is 13.2. The fourth-order valence-corrected chi connectivity index (χ4v) is 3.76. The number of anilines is 2. The molecule has 1 aliphatic rings. The Morgan fingerprint density at radius 2 is 2.04 bits per heavy atom. The van der Waals surface area contributed by atoms with Gasteiger partial charge in [0.05, 0.1) is 22.0 Å². The Labute approximate surface area is 168 Å². The number of unbranched alkanes of at least 4 members (excludes halogenated alkanes) is 1. The van der Waals surface area contributed by atoms with E-state index in [9.17, 15) is 13.2 Å². The van der Waals surface area contributed by atoms with E-state index in [0.717, 1.165) is 55.0 Å². The van der Waals surface area contributed by atoms with Gasteiger partial charge in [-0.25, -0.2) is 9.97 Å². The molecule has 0 aliphatic carbocycles. The van der Waals surface area contributed by atoms with E-state index in [4.69, 9.17) is 11.6 Å². The maximum Gasteiger partial charge on any atom is 0.416 e. The largest absolute Gasteiger partial charge is 0.416 e. The highest BCUT2D eigenvalue weighted by Crippen LogP contribution is 2.41. The zero-order valence-corrected chi connectivity index (χ0v) is 17.0. The minimum Gasteiger partial charge on any atom is -0.324 e. The van der Waals surface area contributed by atoms with Gasteiger partial charge in [-0.1, -0.05) is 24.9 Å². The number of hydrogen-bond acceptors (Lipinski definition) is 4. The van der Waals surface area contributed by atoms with Crippen molar-refractivity contribution in [1.29, 1.82) is 0 Å². The van der Waals surface area contributed by atoms with Crippen LogP contribution in [0, 0.1) is 6.92 Å². The molecule has 1 aromatic carbocycles. The van der Waals surface area contributed by atoms with Crippen molar-refractivity contribution in [3.63, 3.8) is 0 Å². The summed E-state index contributed by atoms with van der Waals surface area (Å²) in [6, 6.07) is 3.52. The molecule has 1 aliphatic heterocycles. The summed E-state index contributed by atoms with van der Waals surface area (Å²) in [5.74, 6) is 1.36. The molecule has 0 spiro atoms. The zero-order valence-electron chi connectivity index (χ0n) is 16.2. The SMILES string of the molecule is CCCCNC(C)c1nc(C)nc2c1CCN2c1ccc(C(F)(F)F)cc1Cl. The van der Waals surface area contributed by atoms with E-state index in [0.29, 0.717) is 18.1 Å². The summed E-state index contributed by atoms with van der Waals surface area (Å²) >= 11 is 6.21. The number of hydrogen-bond donors (Lipinski definition) is 1. The van der Waals surface area contributed by atoms with Crippen molar-refractivity contribution in [3.8, 4) is 0 Å². The standard InChI is InChI=1S/C20H24ClF3N4/c1-4-5-9-25-12(2)18-15-8-10-28(19(15)27-13(3)26-18)17-7-6-14(11-16(17)21)20(22,23)24/h6-7,11-12,25H,4-5,8-10H2,1-3H3. The van der Waals surface area contributed by atoms with E-state index in [1.807, 2.05) is 11.8 Å². The third-order valence-electron chi connectivity index (χ3n) is 4.93. The van der Waals surface area contributed by atoms with E-state index < -0.39 is 11.7 Å². The molecule has 1 N–H and O–H groups in total. The van der Waals surface area contributed by atoms with Crippen LogP contribution in [0.3, 0.4) is 0 Å². The number of nitrogens with one attached hydrogen (secondary N) is 1. The fraction of sp³-hybridized carbons (Fsp3) is 0.500. The highest BCUT2D eigenvalue weighted by Gasteiger charge is 2.33. The van der Waals surface area contributed by atoms with Gasteiger partial charge in [0.2, 0.25) is 0 Å². The molecular weight excluding hydrogens is 389 g/mol. The van der Waals surface area contributed by atoms with Crippen molar-refractivity contribution in [1.82, 2.24) is 15.3 Å². The molecule has 2 aromatic rings. The van der Waals surface area contributed by atoms with E-state index in [1.165, 1.54) is 6.07 Å². The average Bonchev–Trinajstić information content (AvgIpc) is 3.03. The molecular formula is C20H24ClF3N4. The van der Waals surface area contributed by atoms with Crippen molar-refractivity contribution in [3.05, 3.63) is 45.9 Å². The van der Waals surface area contributed by atoms with Crippen molar-refractivity contribution < 1.29 is 13.2 Å². The van der Waals surface area contributed by atoms with E-state index >= 15 is 0 Å². The molecule has 0 amide bonds. The quantitative estimate of drug-likeness (QED) is 0.627. The molecule has 4 nitrogen and oxygen atoms in total. The van der Waals surface area contributed by atoms with Gasteiger partial charge in [0.15, 0.2) is 0 Å². The maximum atomic E-state index is 12.9. The number of alkyl halides is 3. The van der Waals surface area contributed by atoms with Crippen molar-refractivity contribution in [2.45, 2.75) is 52.3 Å². The predicted molar refractivity (Wildman–Crippen MR) is 105 cm³/mol. The lowest BCUT2D eigenvalue weighted by molar-refractivity contribution is -0.137. The summed E-state index contributed by atoms with van der Waals surface area (Å²) in [6.07, 6.45) is -1.50. The van der Waals surface area contributed by atoms with Gasteiger partial charge in [-0.05, 0) is 51.4 Å². The summed E-state index contributed by atoms with van der Waals surface area (Å²) < 4.78 is 38.8. The second kappa shape index (κ2) is 8.25. The molecule has 0 radical (unpaired) electrons. The van der Waals surface area contributed by atoms with E-state index in [-0.39, 0.29) is 11.1 Å². The molecule has 0 fully saturated rings. The Morgan fingerprint density at radius 3 is 2.68 bits per heavy atom. The van der Waals surface area contributed by atoms with Crippen LogP contribution in [-0.4, -0.2) is 23.1 Å². The first-order valence-electron chi connectivity index (χ1n) is 9.47. The number of benzene rings is 1. The second-order valence-corrected chi connectivity index (χ2v) is 7.46. The Kier molecular flexibility index (Phi) is 6.15. The van der Waals surface area contributed by atoms with Gasteiger partial charge in [-0.15, -0.1) is 0 Å². The highest BCUT2D eigenvalue weighted by atomic mass is 35.5. The number of halogens is 4. The maximum absolute atomic E-state index is 12.9. The Bertz CT molecular complexity index is 854. The Balaban J connectivity index is 1.94. The van der Waals surface area contributed by atoms with Crippen LogP contribution in [0.5, 0.6) is 0 Å². The summed E-state index contributed by atoms with van der Waals surface area (Å²) in [4.78, 5) is 11.1. The highest BCUT2D eigenvalue weighted by molar-refractivity contribution is 6.33. The normalized spacial score (nSPS) is 15.0. The van der Waals surface area contributed by atoms with E-state index in [1.54, 1.807) is 0 Å². The molecule has 3 rings (SSSR count). The van der Waals surface area contributed by atoms with Crippen molar-refractivity contribution >= 4 is 23.1 Å². The lowest BCUT2D eigenvalue weighted by Crippen LogP contribution is -2.22. The Hall–Kier alpha value is -1.86. The summed E-state index contributed by atoms with van der Waals surface area (Å²) in [7, 11) is 0. The van der Waals surface area contributed by atoms with Crippen LogP contribution < -0.4 is 10.2 Å². The third kappa shape index (κ3) is 4.25. The smallest absolute Gasteiger partial charge is 0.324 e. The van der Waals surface area contributed by atoms with Crippen LogP contribution in [0.4, 0.5) is 24.7 Å². The lowest BCUT2D eigenvalue weighted by atomic mass is 10.1. The van der Waals surface area contributed by atoms with Gasteiger partial charge in [0.25, 0.3) is 0 Å². The van der Waals surface area contributed by atoms with Gasteiger partial charge in [-0.3, -0.25) is 0 Å². The number of fused-ring (bicyclic) bond motifs is 1. The number of nitrogens with zero attached hydrogens (tertiary/aromatic N) is 3. The molecule has 1 atom stereocenters. The lowest BCUT2D eigenvalue weighted by Gasteiger charge is -2.22. The minimum absolute atomic E-state index is 0.0645.